The molecule has 0 radical (unpaired) electrons. The molecule has 1 amide bonds. The van der Waals surface area contributed by atoms with Crippen molar-refractivity contribution in [3.8, 4) is 22.6 Å². The third-order valence-corrected chi connectivity index (χ3v) is 4.35. The molecule has 0 unspecified atom stereocenters. The van der Waals surface area contributed by atoms with Crippen molar-refractivity contribution < 1.29 is 9.90 Å². The van der Waals surface area contributed by atoms with E-state index in [1.54, 1.807) is 37.8 Å². The van der Waals surface area contributed by atoms with Crippen molar-refractivity contribution in [3.05, 3.63) is 57.6 Å². The number of carbonyl (C=O) groups excluding carboxylic acids is 1. The van der Waals surface area contributed by atoms with Gasteiger partial charge < -0.3 is 16.6 Å². The number of rotatable bonds is 3. The number of aromatic nitrogens is 3. The number of carbonyl (C=O) groups is 1. The van der Waals surface area contributed by atoms with Crippen LogP contribution in [-0.2, 0) is 7.05 Å². The summed E-state index contributed by atoms with van der Waals surface area (Å²) in [7, 11) is 1.72. The Morgan fingerprint density at radius 2 is 1.96 bits per heavy atom. The van der Waals surface area contributed by atoms with Gasteiger partial charge in [0.15, 0.2) is 0 Å². The largest absolute Gasteiger partial charge is 0.508 e. The first-order valence-corrected chi connectivity index (χ1v) is 7.86. The van der Waals surface area contributed by atoms with Crippen molar-refractivity contribution in [2.75, 3.05) is 5.73 Å². The van der Waals surface area contributed by atoms with Crippen molar-refractivity contribution in [2.24, 2.45) is 12.8 Å². The zero-order valence-electron chi connectivity index (χ0n) is 14.6. The maximum Gasteiger partial charge on any atom is 0.264 e. The smallest absolute Gasteiger partial charge is 0.264 e. The lowest BCUT2D eigenvalue weighted by molar-refractivity contribution is 0.100. The van der Waals surface area contributed by atoms with Crippen LogP contribution in [0.4, 0.5) is 5.82 Å². The highest BCUT2D eigenvalue weighted by Crippen LogP contribution is 2.29. The second-order valence-electron chi connectivity index (χ2n) is 6.14. The summed E-state index contributed by atoms with van der Waals surface area (Å²) < 4.78 is 2.76. The van der Waals surface area contributed by atoms with Crippen LogP contribution in [0.2, 0.25) is 0 Å². The van der Waals surface area contributed by atoms with Crippen LogP contribution in [0.5, 0.6) is 5.75 Å². The van der Waals surface area contributed by atoms with Crippen LogP contribution in [0.15, 0.2) is 35.4 Å². The van der Waals surface area contributed by atoms with Crippen LogP contribution in [0.25, 0.3) is 16.8 Å². The van der Waals surface area contributed by atoms with Crippen molar-refractivity contribution in [2.45, 2.75) is 13.8 Å². The molecule has 8 heteroatoms. The number of primary amides is 1. The lowest BCUT2D eigenvalue weighted by atomic mass is 10.0. The number of aromatic hydroxyl groups is 1. The third kappa shape index (κ3) is 2.61. The van der Waals surface area contributed by atoms with E-state index in [1.807, 2.05) is 0 Å². The molecular formula is C18H19N5O3. The standard InChI is InChI=1S/C18H19N5O3/c1-9-4-5-14(24)10(2)15(9)23-16(19)13(17(20)25)6-12(18(23)26)11-7-21-22(3)8-11/h4-8,24H,19H2,1-3H3,(H2,20,25). The molecule has 2 heterocycles. The minimum Gasteiger partial charge on any atom is -0.508 e. The molecule has 0 atom stereocenters. The molecule has 0 aliphatic rings. The monoisotopic (exact) mass is 353 g/mol. The van der Waals surface area contributed by atoms with Gasteiger partial charge in [-0.25, -0.2) is 0 Å². The lowest BCUT2D eigenvalue weighted by Gasteiger charge is -2.19. The van der Waals surface area contributed by atoms with Crippen LogP contribution in [0.1, 0.15) is 21.5 Å². The minimum absolute atomic E-state index is 0.0179. The van der Waals surface area contributed by atoms with Gasteiger partial charge >= 0.3 is 0 Å². The molecule has 3 aromatic rings. The number of benzene rings is 1. The number of amides is 1. The molecule has 0 aliphatic carbocycles. The molecule has 8 nitrogen and oxygen atoms in total. The van der Waals surface area contributed by atoms with E-state index in [4.69, 9.17) is 11.5 Å². The van der Waals surface area contributed by atoms with Gasteiger partial charge in [0, 0.05) is 24.4 Å². The van der Waals surface area contributed by atoms with E-state index in [2.05, 4.69) is 5.10 Å². The summed E-state index contributed by atoms with van der Waals surface area (Å²) in [6, 6.07) is 4.58. The van der Waals surface area contributed by atoms with Crippen molar-refractivity contribution >= 4 is 11.7 Å². The zero-order chi connectivity index (χ0) is 19.2. The Morgan fingerprint density at radius 3 is 2.54 bits per heavy atom. The number of aryl methyl sites for hydroxylation is 2. The highest BCUT2D eigenvalue weighted by molar-refractivity contribution is 5.98. The van der Waals surface area contributed by atoms with Crippen LogP contribution in [-0.4, -0.2) is 25.4 Å². The number of phenols is 1. The molecule has 0 spiro atoms. The number of hydrogen-bond donors (Lipinski definition) is 3. The summed E-state index contributed by atoms with van der Waals surface area (Å²) in [6.45, 7) is 3.46. The van der Waals surface area contributed by atoms with Crippen LogP contribution < -0.4 is 17.0 Å². The average molecular weight is 353 g/mol. The average Bonchev–Trinajstić information content (AvgIpc) is 3.00. The number of nitrogens with two attached hydrogens (primary N) is 2. The molecule has 2 aromatic heterocycles. The summed E-state index contributed by atoms with van der Waals surface area (Å²) in [5.41, 5.74) is 13.5. The number of hydrogen-bond acceptors (Lipinski definition) is 5. The predicted octanol–water partition coefficient (Wildman–Crippen LogP) is 1.24. The molecule has 0 aliphatic heterocycles. The normalized spacial score (nSPS) is 10.9. The van der Waals surface area contributed by atoms with Crippen molar-refractivity contribution in [3.63, 3.8) is 0 Å². The van der Waals surface area contributed by atoms with Gasteiger partial charge in [-0.2, -0.15) is 5.10 Å². The quantitative estimate of drug-likeness (QED) is 0.652. The summed E-state index contributed by atoms with van der Waals surface area (Å²) >= 11 is 0. The van der Waals surface area contributed by atoms with Gasteiger partial charge in [0.25, 0.3) is 11.5 Å². The zero-order valence-corrected chi connectivity index (χ0v) is 14.6. The number of phenolic OH excluding ortho intramolecular Hbond substituents is 1. The molecule has 3 rings (SSSR count). The molecular weight excluding hydrogens is 334 g/mol. The molecule has 0 saturated heterocycles. The van der Waals surface area contributed by atoms with Gasteiger partial charge in [0.2, 0.25) is 0 Å². The lowest BCUT2D eigenvalue weighted by Crippen LogP contribution is -2.28. The molecule has 1 aromatic carbocycles. The van der Waals surface area contributed by atoms with Gasteiger partial charge in [-0.05, 0) is 31.5 Å². The van der Waals surface area contributed by atoms with Crippen LogP contribution in [0, 0.1) is 13.8 Å². The van der Waals surface area contributed by atoms with Gasteiger partial charge in [-0.3, -0.25) is 18.8 Å². The maximum absolute atomic E-state index is 13.2. The number of nitrogen functional groups attached to an aromatic ring is 1. The van der Waals surface area contributed by atoms with E-state index in [9.17, 15) is 14.7 Å². The first-order chi connectivity index (χ1) is 12.2. The molecule has 5 N–H and O–H groups in total. The Kier molecular flexibility index (Phi) is 4.03. The number of nitrogens with zero attached hydrogens (tertiary/aromatic N) is 3. The van der Waals surface area contributed by atoms with E-state index in [0.29, 0.717) is 22.4 Å². The molecule has 0 saturated carbocycles. The summed E-state index contributed by atoms with van der Waals surface area (Å²) in [4.78, 5) is 25.1. The molecule has 0 bridgehead atoms. The third-order valence-electron chi connectivity index (χ3n) is 4.35. The fraction of sp³-hybridized carbons (Fsp3) is 0.167. The Balaban J connectivity index is 2.47. The Hall–Kier alpha value is -3.55. The predicted molar refractivity (Wildman–Crippen MR) is 98.3 cm³/mol. The molecule has 0 fully saturated rings. The summed E-state index contributed by atoms with van der Waals surface area (Å²) in [5.74, 6) is -0.812. The SMILES string of the molecule is Cc1ccc(O)c(C)c1-n1c(N)c(C(N)=O)cc(-c2cnn(C)c2)c1=O. The van der Waals surface area contributed by atoms with Crippen LogP contribution in [0.3, 0.4) is 0 Å². The Labute approximate surface area is 149 Å². The van der Waals surface area contributed by atoms with Crippen molar-refractivity contribution in [1.82, 2.24) is 14.3 Å². The van der Waals surface area contributed by atoms with E-state index in [0.717, 1.165) is 0 Å². The second kappa shape index (κ2) is 6.07. The van der Waals surface area contributed by atoms with Crippen LogP contribution >= 0.6 is 0 Å². The van der Waals surface area contributed by atoms with Gasteiger partial charge in [-0.1, -0.05) is 6.07 Å². The summed E-state index contributed by atoms with van der Waals surface area (Å²) in [5, 5.41) is 14.1. The molecule has 26 heavy (non-hydrogen) atoms. The first-order valence-electron chi connectivity index (χ1n) is 7.86. The van der Waals surface area contributed by atoms with Gasteiger partial charge in [0.05, 0.1) is 23.0 Å². The second-order valence-corrected chi connectivity index (χ2v) is 6.14. The van der Waals surface area contributed by atoms with E-state index in [-0.39, 0.29) is 22.7 Å². The highest BCUT2D eigenvalue weighted by atomic mass is 16.3. The van der Waals surface area contributed by atoms with E-state index in [1.165, 1.54) is 22.9 Å². The minimum atomic E-state index is -0.753. The van der Waals surface area contributed by atoms with E-state index >= 15 is 0 Å². The fourth-order valence-electron chi connectivity index (χ4n) is 2.99. The van der Waals surface area contributed by atoms with Gasteiger partial charge in [0.1, 0.15) is 11.6 Å². The first kappa shape index (κ1) is 17.3. The topological polar surface area (TPSA) is 129 Å². The fourth-order valence-corrected chi connectivity index (χ4v) is 2.99. The Bertz CT molecular complexity index is 1090. The highest BCUT2D eigenvalue weighted by Gasteiger charge is 2.21. The number of pyridine rings is 1. The Morgan fingerprint density at radius 1 is 1.27 bits per heavy atom. The van der Waals surface area contributed by atoms with Crippen molar-refractivity contribution in [1.29, 1.82) is 0 Å². The molecule has 134 valence electrons. The maximum atomic E-state index is 13.2. The van der Waals surface area contributed by atoms with E-state index < -0.39 is 11.5 Å². The van der Waals surface area contributed by atoms with Gasteiger partial charge in [-0.15, -0.1) is 0 Å². The number of anilines is 1. The summed E-state index contributed by atoms with van der Waals surface area (Å²) in [6.07, 6.45) is 3.18.